The largest absolute Gasteiger partial charge is 0.339 e. The smallest absolute Gasteiger partial charge is 0.259 e. The van der Waals surface area contributed by atoms with Crippen molar-refractivity contribution >= 4 is 22.8 Å². The van der Waals surface area contributed by atoms with E-state index in [9.17, 15) is 14.0 Å². The highest BCUT2D eigenvalue weighted by molar-refractivity contribution is 6.07. The number of likely N-dealkylation sites (tertiary alicyclic amines) is 1. The number of benzene rings is 2. The van der Waals surface area contributed by atoms with Gasteiger partial charge in [-0.15, -0.1) is 0 Å². The fourth-order valence-electron chi connectivity index (χ4n) is 4.90. The highest BCUT2D eigenvalue weighted by atomic mass is 19.1. The molecule has 0 N–H and O–H groups in total. The number of Topliss-reactive ketones (excluding diaryl/α,β-unsaturated/α-hetero) is 1. The number of nitrogens with zero attached hydrogens (tertiary/aromatic N) is 3. The van der Waals surface area contributed by atoms with Gasteiger partial charge in [0.15, 0.2) is 5.78 Å². The van der Waals surface area contributed by atoms with E-state index in [2.05, 4.69) is 10.1 Å². The number of aromatic nitrogens is 2. The van der Waals surface area contributed by atoms with Gasteiger partial charge in [0.05, 0.1) is 22.3 Å². The van der Waals surface area contributed by atoms with Gasteiger partial charge in [0.2, 0.25) is 0 Å². The second-order valence-corrected chi connectivity index (χ2v) is 9.23. The number of piperidine rings is 1. The van der Waals surface area contributed by atoms with Gasteiger partial charge >= 0.3 is 0 Å². The van der Waals surface area contributed by atoms with Crippen LogP contribution >= 0.6 is 0 Å². The summed E-state index contributed by atoms with van der Waals surface area (Å²) in [5.74, 6) is -0.611. The lowest BCUT2D eigenvalue weighted by molar-refractivity contribution is 0.0651. The Bertz CT molecular complexity index is 1450. The van der Waals surface area contributed by atoms with Crippen LogP contribution in [0.2, 0.25) is 0 Å². The van der Waals surface area contributed by atoms with Gasteiger partial charge in [0.1, 0.15) is 5.82 Å². The highest BCUT2D eigenvalue weighted by Gasteiger charge is 2.31. The van der Waals surface area contributed by atoms with E-state index in [1.807, 2.05) is 32.0 Å². The van der Waals surface area contributed by atoms with Gasteiger partial charge in [0, 0.05) is 30.1 Å². The molecule has 0 aliphatic carbocycles. The third-order valence-electron chi connectivity index (χ3n) is 6.80. The van der Waals surface area contributed by atoms with E-state index in [0.717, 1.165) is 16.7 Å². The monoisotopic (exact) mass is 471 g/mol. The molecule has 2 aromatic heterocycles. The molecule has 2 aromatic carbocycles. The quantitative estimate of drug-likeness (QED) is 0.358. The molecule has 0 radical (unpaired) electrons. The number of fused-ring (bicyclic) bond motifs is 1. The molecule has 5 rings (SSSR count). The van der Waals surface area contributed by atoms with Crippen LogP contribution < -0.4 is 0 Å². The molecule has 3 heterocycles. The van der Waals surface area contributed by atoms with Crippen LogP contribution in [0.4, 0.5) is 4.39 Å². The van der Waals surface area contributed by atoms with E-state index in [1.54, 1.807) is 36.1 Å². The Labute approximate surface area is 202 Å². The number of carbonyl (C=O) groups excluding carboxylic acids is 2. The van der Waals surface area contributed by atoms with E-state index in [-0.39, 0.29) is 28.9 Å². The van der Waals surface area contributed by atoms with Gasteiger partial charge in [0.25, 0.3) is 11.6 Å². The van der Waals surface area contributed by atoms with Gasteiger partial charge < -0.3 is 9.42 Å². The van der Waals surface area contributed by atoms with Crippen LogP contribution in [0.5, 0.6) is 0 Å². The summed E-state index contributed by atoms with van der Waals surface area (Å²) in [7, 11) is 0. The molecule has 4 aromatic rings. The molecule has 178 valence electrons. The molecule has 0 unspecified atom stereocenters. The van der Waals surface area contributed by atoms with Crippen LogP contribution in [0.25, 0.3) is 22.4 Å². The zero-order chi connectivity index (χ0) is 24.7. The van der Waals surface area contributed by atoms with Crippen LogP contribution in [-0.2, 0) is 0 Å². The molecule has 6 nitrogen and oxygen atoms in total. The van der Waals surface area contributed by atoms with Crippen molar-refractivity contribution in [3.8, 4) is 11.3 Å². The van der Waals surface area contributed by atoms with E-state index in [0.29, 0.717) is 48.3 Å². The van der Waals surface area contributed by atoms with Crippen molar-refractivity contribution in [2.75, 3.05) is 13.1 Å². The number of hydrogen-bond acceptors (Lipinski definition) is 5. The number of aryl methyl sites for hydroxylation is 3. The van der Waals surface area contributed by atoms with Crippen molar-refractivity contribution in [2.45, 2.75) is 33.6 Å². The third-order valence-corrected chi connectivity index (χ3v) is 6.80. The second kappa shape index (κ2) is 9.06. The lowest BCUT2D eigenvalue weighted by Gasteiger charge is -2.31. The first kappa shape index (κ1) is 22.9. The summed E-state index contributed by atoms with van der Waals surface area (Å²) in [5.41, 5.74) is 4.60. The topological polar surface area (TPSA) is 76.3 Å². The van der Waals surface area contributed by atoms with Crippen molar-refractivity contribution in [3.05, 3.63) is 82.3 Å². The molecule has 0 spiro atoms. The summed E-state index contributed by atoms with van der Waals surface area (Å²) < 4.78 is 19.8. The minimum atomic E-state index is -0.431. The maximum Gasteiger partial charge on any atom is 0.259 e. The van der Waals surface area contributed by atoms with Gasteiger partial charge in [-0.1, -0.05) is 41.1 Å². The van der Waals surface area contributed by atoms with Crippen molar-refractivity contribution in [3.63, 3.8) is 0 Å². The van der Waals surface area contributed by atoms with Crippen molar-refractivity contribution in [1.29, 1.82) is 0 Å². The summed E-state index contributed by atoms with van der Waals surface area (Å²) in [6.07, 6.45) is 1.18. The summed E-state index contributed by atoms with van der Waals surface area (Å²) in [5, 5.41) is 4.51. The van der Waals surface area contributed by atoms with Gasteiger partial charge in [-0.2, -0.15) is 0 Å². The molecule has 1 aliphatic rings. The molecule has 7 heteroatoms. The minimum Gasteiger partial charge on any atom is -0.339 e. The summed E-state index contributed by atoms with van der Waals surface area (Å²) in [6.45, 7) is 6.65. The maximum atomic E-state index is 14.5. The van der Waals surface area contributed by atoms with Crippen LogP contribution in [0.3, 0.4) is 0 Å². The van der Waals surface area contributed by atoms with Gasteiger partial charge in [-0.3, -0.25) is 9.59 Å². The first-order valence-corrected chi connectivity index (χ1v) is 11.8. The normalized spacial score (nSPS) is 14.5. The molecule has 1 amide bonds. The molecule has 0 bridgehead atoms. The predicted molar refractivity (Wildman–Crippen MR) is 131 cm³/mol. The van der Waals surface area contributed by atoms with Crippen LogP contribution in [0.15, 0.2) is 53.1 Å². The van der Waals surface area contributed by atoms with E-state index in [1.165, 1.54) is 6.07 Å². The fourth-order valence-corrected chi connectivity index (χ4v) is 4.90. The Morgan fingerprint density at radius 2 is 1.74 bits per heavy atom. The molecule has 35 heavy (non-hydrogen) atoms. The molecule has 0 atom stereocenters. The van der Waals surface area contributed by atoms with Crippen LogP contribution in [0.1, 0.15) is 50.4 Å². The number of amides is 1. The predicted octanol–water partition coefficient (Wildman–Crippen LogP) is 5.69. The SMILES string of the molecule is Cc1ccc(C(=O)C2CCN(C(=O)c3cc(-c4ccccc4F)nc4onc(C)c34)CC2)c(C)c1. The molecule has 0 saturated carbocycles. The average molecular weight is 472 g/mol. The first-order valence-electron chi connectivity index (χ1n) is 11.8. The van der Waals surface area contributed by atoms with Crippen LogP contribution in [-0.4, -0.2) is 39.8 Å². The summed E-state index contributed by atoms with van der Waals surface area (Å²) >= 11 is 0. The number of pyridine rings is 1. The molecular formula is C28H26FN3O3. The van der Waals surface area contributed by atoms with E-state index in [4.69, 9.17) is 4.52 Å². The fraction of sp³-hybridized carbons (Fsp3) is 0.286. The first-order chi connectivity index (χ1) is 16.8. The van der Waals surface area contributed by atoms with Crippen molar-refractivity contribution in [1.82, 2.24) is 15.0 Å². The molecule has 1 aliphatic heterocycles. The zero-order valence-corrected chi connectivity index (χ0v) is 20.0. The lowest BCUT2D eigenvalue weighted by atomic mass is 9.86. The standard InChI is InChI=1S/C28H26FN3O3/c1-16-8-9-20(17(2)14-16)26(33)19-10-12-32(13-11-19)28(34)22-15-24(21-6-4-5-7-23(21)29)30-27-25(22)18(3)31-35-27/h4-9,14-15,19H,10-13H2,1-3H3. The van der Waals surface area contributed by atoms with E-state index < -0.39 is 5.82 Å². The summed E-state index contributed by atoms with van der Waals surface area (Å²) in [4.78, 5) is 32.9. The van der Waals surface area contributed by atoms with E-state index >= 15 is 0 Å². The van der Waals surface area contributed by atoms with Crippen molar-refractivity contribution < 1.29 is 18.5 Å². The number of rotatable bonds is 4. The summed E-state index contributed by atoms with van der Waals surface area (Å²) in [6, 6.07) is 13.8. The molecular weight excluding hydrogens is 445 g/mol. The second-order valence-electron chi connectivity index (χ2n) is 9.23. The average Bonchev–Trinajstić information content (AvgIpc) is 3.23. The van der Waals surface area contributed by atoms with Gasteiger partial charge in [-0.05, 0) is 57.4 Å². The third kappa shape index (κ3) is 4.22. The zero-order valence-electron chi connectivity index (χ0n) is 20.0. The van der Waals surface area contributed by atoms with Gasteiger partial charge in [-0.25, -0.2) is 9.37 Å². The van der Waals surface area contributed by atoms with Crippen LogP contribution in [0, 0.1) is 32.5 Å². The minimum absolute atomic E-state index is 0.121. The Morgan fingerprint density at radius 3 is 2.46 bits per heavy atom. The maximum absolute atomic E-state index is 14.5. The lowest BCUT2D eigenvalue weighted by Crippen LogP contribution is -2.40. The molecule has 1 fully saturated rings. The number of halogens is 1. The Hall–Kier alpha value is -3.87. The van der Waals surface area contributed by atoms with Crippen molar-refractivity contribution in [2.24, 2.45) is 5.92 Å². The highest BCUT2D eigenvalue weighted by Crippen LogP contribution is 2.31. The Morgan fingerprint density at radius 1 is 1.00 bits per heavy atom. The Balaban J connectivity index is 1.41. The number of hydrogen-bond donors (Lipinski definition) is 0. The number of ketones is 1. The Kier molecular flexibility index (Phi) is 5.93. The number of carbonyl (C=O) groups is 2. The molecule has 1 saturated heterocycles.